The van der Waals surface area contributed by atoms with Crippen LogP contribution in [0, 0.1) is 0 Å². The second kappa shape index (κ2) is 3.73. The highest BCUT2D eigenvalue weighted by molar-refractivity contribution is 7.95. The number of hydrogen-bond acceptors (Lipinski definition) is 3. The normalized spacial score (nSPS) is 15.7. The molecule has 7 heteroatoms. The van der Waals surface area contributed by atoms with Crippen molar-refractivity contribution in [3.63, 3.8) is 0 Å². The van der Waals surface area contributed by atoms with Crippen molar-refractivity contribution in [2.75, 3.05) is 6.26 Å². The molecule has 84 valence electrons. The molecule has 0 spiro atoms. The van der Waals surface area contributed by atoms with E-state index in [9.17, 15) is 17.4 Å². The van der Waals surface area contributed by atoms with Crippen LogP contribution in [0.5, 0.6) is 5.75 Å². The standard InChI is InChI=1S/C8H8F3NO2S/c1-15(2,13)14-6-3-4-12-7(5-6)8(9,10)11/h3-5H,1H2,2H3. The summed E-state index contributed by atoms with van der Waals surface area (Å²) in [7, 11) is -2.83. The highest BCUT2D eigenvalue weighted by Gasteiger charge is 2.32. The monoisotopic (exact) mass is 239 g/mol. The summed E-state index contributed by atoms with van der Waals surface area (Å²) in [5.74, 6) is 2.99. The zero-order valence-corrected chi connectivity index (χ0v) is 8.56. The molecule has 0 amide bonds. The SMILES string of the molecule is C=S(C)(=O)Oc1ccnc(C(F)(F)F)c1. The van der Waals surface area contributed by atoms with Crippen LogP contribution in [0.15, 0.2) is 18.3 Å². The number of rotatable bonds is 2. The number of alkyl halides is 3. The molecule has 0 aliphatic carbocycles. The van der Waals surface area contributed by atoms with E-state index in [2.05, 4.69) is 10.9 Å². The molecule has 0 N–H and O–H groups in total. The third-order valence-electron chi connectivity index (χ3n) is 1.29. The second-order valence-electron chi connectivity index (χ2n) is 2.88. The van der Waals surface area contributed by atoms with Crippen molar-refractivity contribution in [2.45, 2.75) is 6.18 Å². The van der Waals surface area contributed by atoms with Crippen LogP contribution in [0.2, 0.25) is 0 Å². The minimum atomic E-state index is -4.55. The Labute approximate surface area is 85.1 Å². The first-order chi connectivity index (χ1) is 6.68. The smallest absolute Gasteiger partial charge is 0.409 e. The number of hydrogen-bond donors (Lipinski definition) is 0. The topological polar surface area (TPSA) is 39.2 Å². The summed E-state index contributed by atoms with van der Waals surface area (Å²) in [5, 5.41) is 0. The van der Waals surface area contributed by atoms with E-state index in [1.165, 1.54) is 12.3 Å². The molecule has 3 nitrogen and oxygen atoms in total. The summed E-state index contributed by atoms with van der Waals surface area (Å²) in [6.45, 7) is 0. The first-order valence-electron chi connectivity index (χ1n) is 3.73. The lowest BCUT2D eigenvalue weighted by Gasteiger charge is -2.09. The Morgan fingerprint density at radius 2 is 2.13 bits per heavy atom. The van der Waals surface area contributed by atoms with Crippen molar-refractivity contribution in [3.05, 3.63) is 24.0 Å². The zero-order chi connectivity index (χ0) is 11.7. The Hall–Kier alpha value is -1.24. The maximum Gasteiger partial charge on any atom is 0.433 e. The maximum absolute atomic E-state index is 12.2. The Morgan fingerprint density at radius 3 is 2.60 bits per heavy atom. The second-order valence-corrected chi connectivity index (χ2v) is 4.90. The van der Waals surface area contributed by atoms with Crippen molar-refractivity contribution in [3.8, 4) is 5.75 Å². The molecule has 0 saturated heterocycles. The van der Waals surface area contributed by atoms with Gasteiger partial charge in [0.15, 0.2) is 0 Å². The maximum atomic E-state index is 12.2. The van der Waals surface area contributed by atoms with Crippen molar-refractivity contribution >= 4 is 15.7 Å². The first-order valence-corrected chi connectivity index (χ1v) is 5.79. The van der Waals surface area contributed by atoms with Gasteiger partial charge in [-0.2, -0.15) is 13.2 Å². The van der Waals surface area contributed by atoms with Crippen LogP contribution in [0.1, 0.15) is 5.69 Å². The van der Waals surface area contributed by atoms with Crippen molar-refractivity contribution in [1.82, 2.24) is 4.98 Å². The lowest BCUT2D eigenvalue weighted by Crippen LogP contribution is -2.10. The molecule has 0 bridgehead atoms. The van der Waals surface area contributed by atoms with Gasteiger partial charge in [0, 0.05) is 24.6 Å². The molecule has 0 radical (unpaired) electrons. The van der Waals surface area contributed by atoms with Crippen LogP contribution in [-0.4, -0.2) is 21.3 Å². The number of aromatic nitrogens is 1. The summed E-state index contributed by atoms with van der Waals surface area (Å²) in [6, 6.07) is 1.86. The summed E-state index contributed by atoms with van der Waals surface area (Å²) >= 11 is 0. The van der Waals surface area contributed by atoms with E-state index in [-0.39, 0.29) is 5.75 Å². The quantitative estimate of drug-likeness (QED) is 0.738. The highest BCUT2D eigenvalue weighted by Crippen LogP contribution is 2.29. The Kier molecular flexibility index (Phi) is 2.94. The van der Waals surface area contributed by atoms with Gasteiger partial charge in [-0.3, -0.25) is 4.98 Å². The predicted octanol–water partition coefficient (Wildman–Crippen LogP) is 1.74. The molecular weight excluding hydrogens is 231 g/mol. The molecule has 0 saturated carbocycles. The number of nitrogens with zero attached hydrogens (tertiary/aromatic N) is 1. The number of halogens is 3. The van der Waals surface area contributed by atoms with Gasteiger partial charge in [0.25, 0.3) is 0 Å². The van der Waals surface area contributed by atoms with Crippen molar-refractivity contribution < 1.29 is 21.6 Å². The lowest BCUT2D eigenvalue weighted by molar-refractivity contribution is -0.141. The third kappa shape index (κ3) is 3.78. The molecule has 1 unspecified atom stereocenters. The number of pyridine rings is 1. The predicted molar refractivity (Wildman–Crippen MR) is 51.1 cm³/mol. The van der Waals surface area contributed by atoms with E-state index >= 15 is 0 Å². The van der Waals surface area contributed by atoms with E-state index in [0.29, 0.717) is 6.07 Å². The fraction of sp³-hybridized carbons (Fsp3) is 0.250. The summed E-state index contributed by atoms with van der Waals surface area (Å²) < 4.78 is 52.4. The molecule has 0 aliphatic heterocycles. The summed E-state index contributed by atoms with van der Waals surface area (Å²) in [4.78, 5) is 3.12. The van der Waals surface area contributed by atoms with Gasteiger partial charge in [0.1, 0.15) is 21.2 Å². The highest BCUT2D eigenvalue weighted by atomic mass is 32.2. The molecular formula is C8H8F3NO2S. The van der Waals surface area contributed by atoms with Gasteiger partial charge in [0.2, 0.25) is 0 Å². The third-order valence-corrected chi connectivity index (χ3v) is 1.84. The van der Waals surface area contributed by atoms with Gasteiger partial charge < -0.3 is 4.18 Å². The van der Waals surface area contributed by atoms with Crippen LogP contribution in [0.25, 0.3) is 0 Å². The molecule has 15 heavy (non-hydrogen) atoms. The van der Waals surface area contributed by atoms with Crippen LogP contribution >= 0.6 is 0 Å². The van der Waals surface area contributed by atoms with Crippen LogP contribution < -0.4 is 4.18 Å². The van der Waals surface area contributed by atoms with E-state index in [0.717, 1.165) is 6.20 Å². The van der Waals surface area contributed by atoms with Crippen molar-refractivity contribution in [2.24, 2.45) is 0 Å². The minimum absolute atomic E-state index is 0.167. The molecule has 0 aromatic carbocycles. The molecule has 1 heterocycles. The Balaban J connectivity index is 3.04. The van der Waals surface area contributed by atoms with Gasteiger partial charge in [-0.1, -0.05) is 0 Å². The zero-order valence-electron chi connectivity index (χ0n) is 7.75. The molecule has 0 fully saturated rings. The van der Waals surface area contributed by atoms with E-state index < -0.39 is 21.7 Å². The molecule has 1 rings (SSSR count). The summed E-state index contributed by atoms with van der Waals surface area (Å²) in [5.41, 5.74) is -1.09. The lowest BCUT2D eigenvalue weighted by atomic mass is 10.3. The average Bonchev–Trinajstić information content (AvgIpc) is 1.99. The Morgan fingerprint density at radius 1 is 1.53 bits per heavy atom. The van der Waals surface area contributed by atoms with Crippen LogP contribution in [0.4, 0.5) is 13.2 Å². The molecule has 0 aliphatic rings. The van der Waals surface area contributed by atoms with Gasteiger partial charge >= 0.3 is 6.18 Å². The molecule has 1 atom stereocenters. The largest absolute Gasteiger partial charge is 0.433 e. The van der Waals surface area contributed by atoms with Gasteiger partial charge in [-0.15, -0.1) is 0 Å². The van der Waals surface area contributed by atoms with E-state index in [1.54, 1.807) is 0 Å². The fourth-order valence-corrected chi connectivity index (χ4v) is 1.33. The van der Waals surface area contributed by atoms with E-state index in [4.69, 9.17) is 4.18 Å². The van der Waals surface area contributed by atoms with Gasteiger partial charge in [-0.05, 0) is 5.87 Å². The van der Waals surface area contributed by atoms with Crippen LogP contribution in [-0.2, 0) is 16.0 Å². The van der Waals surface area contributed by atoms with Gasteiger partial charge in [0.05, 0.1) is 0 Å². The molecule has 1 aromatic rings. The first kappa shape index (κ1) is 11.8. The Bertz CT molecular complexity index is 453. The summed E-state index contributed by atoms with van der Waals surface area (Å²) in [6.07, 6.45) is -2.43. The molecule has 1 aromatic heterocycles. The minimum Gasteiger partial charge on any atom is -0.409 e. The average molecular weight is 239 g/mol. The van der Waals surface area contributed by atoms with Crippen LogP contribution in [0.3, 0.4) is 0 Å². The fourth-order valence-electron chi connectivity index (χ4n) is 0.822. The van der Waals surface area contributed by atoms with E-state index in [1.807, 2.05) is 0 Å². The van der Waals surface area contributed by atoms with Gasteiger partial charge in [-0.25, -0.2) is 4.21 Å². The van der Waals surface area contributed by atoms with Crippen molar-refractivity contribution in [1.29, 1.82) is 0 Å².